The van der Waals surface area contributed by atoms with E-state index in [1.54, 1.807) is 12.4 Å². The highest BCUT2D eigenvalue weighted by Crippen LogP contribution is 2.25. The number of nitrogens with one attached hydrogen (secondary N) is 1. The molecule has 0 amide bonds. The SMILES string of the molecule is Nc1cnccc1SCC1CCCCN1. The topological polar surface area (TPSA) is 50.9 Å². The summed E-state index contributed by atoms with van der Waals surface area (Å²) in [5.74, 6) is 1.11. The van der Waals surface area contributed by atoms with Gasteiger partial charge < -0.3 is 11.1 Å². The molecule has 1 aromatic rings. The van der Waals surface area contributed by atoms with Crippen molar-refractivity contribution < 1.29 is 0 Å². The molecule has 1 unspecified atom stereocenters. The maximum absolute atomic E-state index is 5.83. The molecule has 0 aliphatic carbocycles. The van der Waals surface area contributed by atoms with Crippen molar-refractivity contribution >= 4 is 17.4 Å². The normalized spacial score (nSPS) is 21.5. The van der Waals surface area contributed by atoms with Crippen LogP contribution >= 0.6 is 11.8 Å². The van der Waals surface area contributed by atoms with Crippen molar-refractivity contribution in [2.45, 2.75) is 30.2 Å². The number of nitrogen functional groups attached to an aromatic ring is 1. The molecule has 1 atom stereocenters. The molecule has 82 valence electrons. The Labute approximate surface area is 94.8 Å². The number of hydrogen-bond acceptors (Lipinski definition) is 4. The Morgan fingerprint density at radius 2 is 2.47 bits per heavy atom. The molecular formula is C11H17N3S. The largest absolute Gasteiger partial charge is 0.397 e. The van der Waals surface area contributed by atoms with Crippen molar-refractivity contribution in [3.05, 3.63) is 18.5 Å². The zero-order chi connectivity index (χ0) is 10.5. The first-order valence-corrected chi connectivity index (χ1v) is 6.40. The standard InChI is InChI=1S/C11H17N3S/c12-10-7-13-6-4-11(10)15-8-9-3-1-2-5-14-9/h4,6-7,9,14H,1-3,5,8,12H2. The lowest BCUT2D eigenvalue weighted by Crippen LogP contribution is -2.35. The number of piperidine rings is 1. The highest BCUT2D eigenvalue weighted by molar-refractivity contribution is 7.99. The fourth-order valence-electron chi connectivity index (χ4n) is 1.78. The molecule has 0 bridgehead atoms. The summed E-state index contributed by atoms with van der Waals surface area (Å²) in [6.07, 6.45) is 7.48. The highest BCUT2D eigenvalue weighted by atomic mass is 32.2. The number of aromatic nitrogens is 1. The molecular weight excluding hydrogens is 206 g/mol. The minimum absolute atomic E-state index is 0.649. The Balaban J connectivity index is 1.84. The molecule has 2 heterocycles. The van der Waals surface area contributed by atoms with Crippen molar-refractivity contribution in [2.24, 2.45) is 0 Å². The van der Waals surface area contributed by atoms with E-state index < -0.39 is 0 Å². The summed E-state index contributed by atoms with van der Waals surface area (Å²) in [6.45, 7) is 1.16. The van der Waals surface area contributed by atoms with Gasteiger partial charge in [0.05, 0.1) is 11.9 Å². The second kappa shape index (κ2) is 5.37. The zero-order valence-electron chi connectivity index (χ0n) is 8.78. The van der Waals surface area contributed by atoms with Gasteiger partial charge in [-0.05, 0) is 25.5 Å². The number of anilines is 1. The number of hydrogen-bond donors (Lipinski definition) is 2. The van der Waals surface area contributed by atoms with Gasteiger partial charge in [0.1, 0.15) is 0 Å². The predicted octanol–water partition coefficient (Wildman–Crippen LogP) is 1.90. The fraction of sp³-hybridized carbons (Fsp3) is 0.545. The number of nitrogens with two attached hydrogens (primary N) is 1. The molecule has 1 aromatic heterocycles. The van der Waals surface area contributed by atoms with Gasteiger partial charge in [-0.2, -0.15) is 0 Å². The first-order valence-electron chi connectivity index (χ1n) is 5.42. The number of nitrogens with zero attached hydrogens (tertiary/aromatic N) is 1. The van der Waals surface area contributed by atoms with Gasteiger partial charge in [-0.15, -0.1) is 11.8 Å². The van der Waals surface area contributed by atoms with Crippen LogP contribution < -0.4 is 11.1 Å². The minimum Gasteiger partial charge on any atom is -0.397 e. The van der Waals surface area contributed by atoms with E-state index in [2.05, 4.69) is 10.3 Å². The van der Waals surface area contributed by atoms with Crippen LogP contribution in [-0.4, -0.2) is 23.3 Å². The molecule has 3 nitrogen and oxygen atoms in total. The second-order valence-corrected chi connectivity index (χ2v) is 4.93. The summed E-state index contributed by atoms with van der Waals surface area (Å²) >= 11 is 1.83. The molecule has 0 aromatic carbocycles. The van der Waals surface area contributed by atoms with Crippen LogP contribution in [0.1, 0.15) is 19.3 Å². The summed E-state index contributed by atoms with van der Waals surface area (Å²) in [4.78, 5) is 5.14. The number of rotatable bonds is 3. The molecule has 4 heteroatoms. The number of pyridine rings is 1. The van der Waals surface area contributed by atoms with E-state index in [1.807, 2.05) is 17.8 Å². The van der Waals surface area contributed by atoms with E-state index in [-0.39, 0.29) is 0 Å². The smallest absolute Gasteiger partial charge is 0.0638 e. The molecule has 1 aliphatic rings. The molecule has 1 saturated heterocycles. The molecule has 15 heavy (non-hydrogen) atoms. The van der Waals surface area contributed by atoms with Crippen LogP contribution in [0.2, 0.25) is 0 Å². The maximum atomic E-state index is 5.83. The Morgan fingerprint density at radius 3 is 3.20 bits per heavy atom. The van der Waals surface area contributed by atoms with Crippen molar-refractivity contribution in [2.75, 3.05) is 18.0 Å². The van der Waals surface area contributed by atoms with Gasteiger partial charge in [-0.1, -0.05) is 6.42 Å². The van der Waals surface area contributed by atoms with E-state index >= 15 is 0 Å². The van der Waals surface area contributed by atoms with E-state index in [9.17, 15) is 0 Å². The third-order valence-electron chi connectivity index (χ3n) is 2.66. The summed E-state index contributed by atoms with van der Waals surface area (Å²) in [5.41, 5.74) is 6.62. The van der Waals surface area contributed by atoms with E-state index in [4.69, 9.17) is 5.73 Å². The molecule has 1 aliphatic heterocycles. The predicted molar refractivity (Wildman–Crippen MR) is 65.0 cm³/mol. The Bertz CT molecular complexity index is 310. The molecule has 0 spiro atoms. The maximum Gasteiger partial charge on any atom is 0.0638 e. The second-order valence-electron chi connectivity index (χ2n) is 3.87. The molecule has 3 N–H and O–H groups in total. The van der Waals surface area contributed by atoms with Crippen molar-refractivity contribution in [1.29, 1.82) is 0 Å². The highest BCUT2D eigenvalue weighted by Gasteiger charge is 2.12. The van der Waals surface area contributed by atoms with Crippen LogP contribution in [0, 0.1) is 0 Å². The van der Waals surface area contributed by atoms with Gasteiger partial charge in [0.15, 0.2) is 0 Å². The molecule has 0 saturated carbocycles. The summed E-state index contributed by atoms with van der Waals surface area (Å²) in [6, 6.07) is 2.64. The van der Waals surface area contributed by atoms with Crippen LogP contribution in [0.4, 0.5) is 5.69 Å². The van der Waals surface area contributed by atoms with Crippen molar-refractivity contribution in [3.8, 4) is 0 Å². The molecule has 0 radical (unpaired) electrons. The summed E-state index contributed by atoms with van der Waals surface area (Å²) < 4.78 is 0. The van der Waals surface area contributed by atoms with Gasteiger partial charge >= 0.3 is 0 Å². The first-order chi connectivity index (χ1) is 7.36. The minimum atomic E-state index is 0.649. The Hall–Kier alpha value is -0.740. The Morgan fingerprint density at radius 1 is 1.53 bits per heavy atom. The van der Waals surface area contributed by atoms with Gasteiger partial charge in [0, 0.05) is 22.9 Å². The van der Waals surface area contributed by atoms with Crippen molar-refractivity contribution in [3.63, 3.8) is 0 Å². The summed E-state index contributed by atoms with van der Waals surface area (Å²) in [7, 11) is 0. The first kappa shape index (κ1) is 10.8. The van der Waals surface area contributed by atoms with Crippen LogP contribution in [0.15, 0.2) is 23.4 Å². The lowest BCUT2D eigenvalue weighted by Gasteiger charge is -2.23. The zero-order valence-corrected chi connectivity index (χ0v) is 9.59. The third-order valence-corrected chi connectivity index (χ3v) is 3.91. The van der Waals surface area contributed by atoms with E-state index in [1.165, 1.54) is 19.3 Å². The van der Waals surface area contributed by atoms with Crippen LogP contribution in [0.25, 0.3) is 0 Å². The van der Waals surface area contributed by atoms with Crippen LogP contribution in [0.5, 0.6) is 0 Å². The van der Waals surface area contributed by atoms with E-state index in [0.29, 0.717) is 6.04 Å². The molecule has 1 fully saturated rings. The van der Waals surface area contributed by atoms with Gasteiger partial charge in [0.2, 0.25) is 0 Å². The lowest BCUT2D eigenvalue weighted by atomic mass is 10.1. The van der Waals surface area contributed by atoms with Crippen LogP contribution in [0.3, 0.4) is 0 Å². The molecule has 2 rings (SSSR count). The number of thioether (sulfide) groups is 1. The third kappa shape index (κ3) is 3.11. The monoisotopic (exact) mass is 223 g/mol. The van der Waals surface area contributed by atoms with Crippen LogP contribution in [-0.2, 0) is 0 Å². The average molecular weight is 223 g/mol. The fourth-order valence-corrected chi connectivity index (χ4v) is 2.82. The quantitative estimate of drug-likeness (QED) is 0.768. The van der Waals surface area contributed by atoms with E-state index in [0.717, 1.165) is 22.9 Å². The lowest BCUT2D eigenvalue weighted by molar-refractivity contribution is 0.430. The van der Waals surface area contributed by atoms with Crippen molar-refractivity contribution in [1.82, 2.24) is 10.3 Å². The summed E-state index contributed by atoms with van der Waals surface area (Å²) in [5, 5.41) is 3.53. The Kier molecular flexibility index (Phi) is 3.86. The van der Waals surface area contributed by atoms with Gasteiger partial charge in [-0.3, -0.25) is 4.98 Å². The van der Waals surface area contributed by atoms with Gasteiger partial charge in [-0.25, -0.2) is 0 Å². The van der Waals surface area contributed by atoms with Gasteiger partial charge in [0.25, 0.3) is 0 Å². The average Bonchev–Trinajstić information content (AvgIpc) is 2.29.